The molecule has 14 rings (SSSR count). The summed E-state index contributed by atoms with van der Waals surface area (Å²) in [6.07, 6.45) is 0. The number of aromatic nitrogens is 6. The van der Waals surface area contributed by atoms with Crippen LogP contribution in [0.5, 0.6) is 0 Å². The highest BCUT2D eigenvalue weighted by Gasteiger charge is 2.43. The summed E-state index contributed by atoms with van der Waals surface area (Å²) in [5.41, 5.74) is 10.9. The Bertz CT molecular complexity index is 4070. The van der Waals surface area contributed by atoms with E-state index in [1.54, 1.807) is 0 Å². The average molecular weight is 873 g/mol. The van der Waals surface area contributed by atoms with Gasteiger partial charge in [-0.25, -0.2) is 9.97 Å². The van der Waals surface area contributed by atoms with Crippen LogP contribution in [0.1, 0.15) is 0 Å². The first-order valence-corrected chi connectivity index (χ1v) is 24.8. The Labute approximate surface area is 386 Å². The van der Waals surface area contributed by atoms with Crippen molar-refractivity contribution in [1.82, 2.24) is 28.1 Å². The van der Waals surface area contributed by atoms with Gasteiger partial charge >= 0.3 is 0 Å². The maximum Gasteiger partial charge on any atom is 0.221 e. The maximum absolute atomic E-state index is 5.98. The molecule has 0 saturated carbocycles. The van der Waals surface area contributed by atoms with Gasteiger partial charge in [-0.2, -0.15) is 0 Å². The first-order chi connectivity index (χ1) is 33.3. The van der Waals surface area contributed by atoms with Crippen LogP contribution in [0.25, 0.3) is 88.6 Å². The van der Waals surface area contributed by atoms with E-state index in [9.17, 15) is 0 Å². The zero-order valence-electron chi connectivity index (χ0n) is 36.3. The largest absolute Gasteiger partial charge is 0.309 e. The zero-order valence-corrected chi connectivity index (χ0v) is 37.3. The first kappa shape index (κ1) is 37.6. The summed E-state index contributed by atoms with van der Waals surface area (Å²) in [5, 5.41) is 9.67. The van der Waals surface area contributed by atoms with E-state index < -0.39 is 8.07 Å². The monoisotopic (exact) mass is 872 g/mol. The van der Waals surface area contributed by atoms with Gasteiger partial charge < -0.3 is 9.13 Å². The van der Waals surface area contributed by atoms with Gasteiger partial charge in [0, 0.05) is 38.6 Å². The van der Waals surface area contributed by atoms with Crippen LogP contribution >= 0.6 is 0 Å². The molecule has 5 heterocycles. The van der Waals surface area contributed by atoms with Gasteiger partial charge in [0.1, 0.15) is 5.82 Å². The number of para-hydroxylation sites is 7. The molecular weight excluding hydrogens is 833 g/mol. The van der Waals surface area contributed by atoms with Crippen LogP contribution in [-0.4, -0.2) is 36.1 Å². The third kappa shape index (κ3) is 5.43. The lowest BCUT2D eigenvalue weighted by Gasteiger charge is -2.34. The molecule has 0 atom stereocenters. The van der Waals surface area contributed by atoms with Crippen molar-refractivity contribution in [2.75, 3.05) is 0 Å². The summed E-state index contributed by atoms with van der Waals surface area (Å²) < 4.78 is 9.43. The zero-order chi connectivity index (χ0) is 44.1. The Hall–Kier alpha value is -8.78. The molecule has 0 N–H and O–H groups in total. The third-order valence-corrected chi connectivity index (χ3v) is 18.5. The molecule has 6 nitrogen and oxygen atoms in total. The van der Waals surface area contributed by atoms with Crippen molar-refractivity contribution in [3.05, 3.63) is 243 Å². The third-order valence-electron chi connectivity index (χ3n) is 13.9. The van der Waals surface area contributed by atoms with Crippen molar-refractivity contribution < 1.29 is 0 Å². The number of hydrogen-bond acceptors (Lipinski definition) is 2. The van der Waals surface area contributed by atoms with Crippen LogP contribution in [0.3, 0.4) is 0 Å². The fraction of sp³-hybridized carbons (Fsp3) is 0. The van der Waals surface area contributed by atoms with Gasteiger partial charge in [0.2, 0.25) is 13.9 Å². The Kier molecular flexibility index (Phi) is 8.20. The van der Waals surface area contributed by atoms with Crippen LogP contribution < -0.4 is 20.9 Å². The molecule has 0 aliphatic rings. The van der Waals surface area contributed by atoms with Crippen LogP contribution in [-0.2, 0) is 0 Å². The van der Waals surface area contributed by atoms with Crippen LogP contribution in [0.15, 0.2) is 243 Å². The number of rotatable bonds is 7. The number of fused-ring (bicyclic) bond motifs is 11. The van der Waals surface area contributed by atoms with Crippen molar-refractivity contribution in [3.8, 4) is 17.2 Å². The Morgan fingerprint density at radius 2 is 0.746 bits per heavy atom. The Morgan fingerprint density at radius 3 is 1.33 bits per heavy atom. The molecule has 9 aromatic carbocycles. The molecule has 0 radical (unpaired) electrons. The predicted molar refractivity (Wildman–Crippen MR) is 280 cm³/mol. The van der Waals surface area contributed by atoms with Crippen molar-refractivity contribution in [3.63, 3.8) is 0 Å². The lowest BCUT2D eigenvalue weighted by molar-refractivity contribution is 1.04. The Balaban J connectivity index is 1.12. The molecule has 0 spiro atoms. The van der Waals surface area contributed by atoms with Crippen LogP contribution in [0, 0.1) is 0 Å². The molecule has 67 heavy (non-hydrogen) atoms. The first-order valence-electron chi connectivity index (χ1n) is 22.8. The highest BCUT2D eigenvalue weighted by molar-refractivity contribution is 7.19. The van der Waals surface area contributed by atoms with Crippen molar-refractivity contribution >= 4 is 100 Å². The molecule has 0 aliphatic heterocycles. The van der Waals surface area contributed by atoms with E-state index in [2.05, 4.69) is 261 Å². The summed E-state index contributed by atoms with van der Waals surface area (Å²) in [4.78, 5) is 11.3. The van der Waals surface area contributed by atoms with E-state index in [0.717, 1.165) is 61.4 Å². The standard InChI is InChI=1S/C60H40N6Si/c1-4-20-43(21-5-1)67(44-22-6-2-7-23-44,45-24-8-3-9-25-45)59-40-42(39-58(62-59)66-57-35-19-18-34-56(57)65-55-33-17-13-29-50(55)61-60(65)66)64-53-32-16-12-28-48(53)49-38-41(36-37-54(49)64)63-51-30-14-10-26-46(51)47-27-11-15-31-52(47)63/h1-40H. The van der Waals surface area contributed by atoms with Crippen molar-refractivity contribution in [1.29, 1.82) is 0 Å². The van der Waals surface area contributed by atoms with Gasteiger partial charge in [0.15, 0.2) is 0 Å². The summed E-state index contributed by atoms with van der Waals surface area (Å²) in [6.45, 7) is 0. The van der Waals surface area contributed by atoms with Gasteiger partial charge in [0.05, 0.1) is 49.8 Å². The van der Waals surface area contributed by atoms with Crippen LogP contribution in [0.2, 0.25) is 0 Å². The minimum atomic E-state index is -3.16. The van der Waals surface area contributed by atoms with E-state index in [-0.39, 0.29) is 0 Å². The smallest absolute Gasteiger partial charge is 0.221 e. The Morgan fingerprint density at radius 1 is 0.299 bits per heavy atom. The minimum absolute atomic E-state index is 0.807. The molecule has 0 unspecified atom stereocenters. The van der Waals surface area contributed by atoms with E-state index >= 15 is 0 Å². The maximum atomic E-state index is 5.98. The van der Waals surface area contributed by atoms with Crippen LogP contribution in [0.4, 0.5) is 0 Å². The molecular formula is C60H40N6Si. The lowest BCUT2D eigenvalue weighted by Crippen LogP contribution is -2.75. The topological polar surface area (TPSA) is 45.0 Å². The van der Waals surface area contributed by atoms with Crippen molar-refractivity contribution in [2.24, 2.45) is 0 Å². The number of imidazole rings is 2. The van der Waals surface area contributed by atoms with E-state index in [1.165, 1.54) is 48.1 Å². The SMILES string of the molecule is c1ccc([Si](c2ccccc2)(c2ccccc2)c2cc(-n3c4ccccc4c4cc(-n5c6ccccc6c6ccccc65)ccc43)cc(-n3c4ccccc4n4c5ccccc5nc34)n2)cc1. The average Bonchev–Trinajstić information content (AvgIpc) is 4.13. The van der Waals surface area contributed by atoms with Gasteiger partial charge in [-0.1, -0.05) is 170 Å². The molecule has 0 bridgehead atoms. The summed E-state index contributed by atoms with van der Waals surface area (Å²) in [7, 11) is -3.16. The second kappa shape index (κ2) is 14.6. The number of nitrogens with zero attached hydrogens (tertiary/aromatic N) is 6. The number of benzene rings is 9. The predicted octanol–water partition coefficient (Wildman–Crippen LogP) is 11.4. The molecule has 7 heteroatoms. The highest BCUT2D eigenvalue weighted by atomic mass is 28.3. The lowest BCUT2D eigenvalue weighted by atomic mass is 10.1. The van der Waals surface area contributed by atoms with Crippen molar-refractivity contribution in [2.45, 2.75) is 0 Å². The summed E-state index contributed by atoms with van der Waals surface area (Å²) in [5.74, 6) is 1.63. The second-order valence-corrected chi connectivity index (χ2v) is 21.1. The van der Waals surface area contributed by atoms with E-state index in [4.69, 9.17) is 9.97 Å². The second-order valence-electron chi connectivity index (χ2n) is 17.4. The highest BCUT2D eigenvalue weighted by Crippen LogP contribution is 2.38. The van der Waals surface area contributed by atoms with E-state index in [0.29, 0.717) is 0 Å². The quantitative estimate of drug-likeness (QED) is 0.118. The molecule has 314 valence electrons. The fourth-order valence-electron chi connectivity index (χ4n) is 11.1. The summed E-state index contributed by atoms with van der Waals surface area (Å²) >= 11 is 0. The van der Waals surface area contributed by atoms with Gasteiger partial charge in [-0.05, 0) is 82.3 Å². The summed E-state index contributed by atoms with van der Waals surface area (Å²) in [6, 6.07) is 88.2. The minimum Gasteiger partial charge on any atom is -0.309 e. The molecule has 0 amide bonds. The number of pyridine rings is 1. The fourth-order valence-corrected chi connectivity index (χ4v) is 15.7. The van der Waals surface area contributed by atoms with E-state index in [1.807, 2.05) is 0 Å². The molecule has 14 aromatic rings. The van der Waals surface area contributed by atoms with Gasteiger partial charge in [0.25, 0.3) is 0 Å². The molecule has 5 aromatic heterocycles. The molecule has 0 saturated heterocycles. The normalized spacial score (nSPS) is 12.2. The molecule has 0 aliphatic carbocycles. The molecule has 0 fully saturated rings. The van der Waals surface area contributed by atoms with Gasteiger partial charge in [-0.3, -0.25) is 8.97 Å². The van der Waals surface area contributed by atoms with Gasteiger partial charge in [-0.15, -0.1) is 0 Å². The number of hydrogen-bond donors (Lipinski definition) is 0.